The lowest BCUT2D eigenvalue weighted by Gasteiger charge is -2.41. The van der Waals surface area contributed by atoms with Crippen molar-refractivity contribution in [2.24, 2.45) is 5.92 Å². The molecule has 0 aromatic rings. The summed E-state index contributed by atoms with van der Waals surface area (Å²) in [5, 5.41) is 3.51. The summed E-state index contributed by atoms with van der Waals surface area (Å²) in [7, 11) is 0. The number of hydrogen-bond acceptors (Lipinski definition) is 2. The third-order valence-electron chi connectivity index (χ3n) is 4.11. The van der Waals surface area contributed by atoms with Gasteiger partial charge in [-0.25, -0.2) is 0 Å². The Balaban J connectivity index is 1.99. The first kappa shape index (κ1) is 10.4. The first-order valence-electron chi connectivity index (χ1n) is 6.29. The third kappa shape index (κ3) is 1.96. The second kappa shape index (κ2) is 4.63. The molecule has 1 saturated carbocycles. The van der Waals surface area contributed by atoms with Crippen molar-refractivity contribution in [2.45, 2.75) is 51.6 Å². The third-order valence-corrected chi connectivity index (χ3v) is 4.11. The Morgan fingerprint density at radius 3 is 2.86 bits per heavy atom. The van der Waals surface area contributed by atoms with Gasteiger partial charge in [0.25, 0.3) is 0 Å². The van der Waals surface area contributed by atoms with E-state index in [-0.39, 0.29) is 0 Å². The maximum atomic E-state index is 3.51. The van der Waals surface area contributed by atoms with Crippen molar-refractivity contribution in [1.82, 2.24) is 10.2 Å². The van der Waals surface area contributed by atoms with E-state index in [1.54, 1.807) is 0 Å². The lowest BCUT2D eigenvalue weighted by atomic mass is 10.00. The quantitative estimate of drug-likeness (QED) is 0.725. The van der Waals surface area contributed by atoms with Crippen molar-refractivity contribution < 1.29 is 0 Å². The van der Waals surface area contributed by atoms with Crippen molar-refractivity contribution >= 4 is 0 Å². The molecule has 1 aliphatic carbocycles. The molecule has 0 aromatic carbocycles. The number of nitrogens with one attached hydrogen (secondary N) is 1. The van der Waals surface area contributed by atoms with Gasteiger partial charge < -0.3 is 5.32 Å². The first-order chi connectivity index (χ1) is 6.83. The van der Waals surface area contributed by atoms with Crippen LogP contribution in [0.25, 0.3) is 0 Å². The Bertz CT molecular complexity index is 181. The molecule has 1 heterocycles. The molecule has 2 nitrogen and oxygen atoms in total. The zero-order valence-electron chi connectivity index (χ0n) is 9.63. The van der Waals surface area contributed by atoms with E-state index in [0.29, 0.717) is 0 Å². The highest BCUT2D eigenvalue weighted by Crippen LogP contribution is 2.31. The van der Waals surface area contributed by atoms with Crippen molar-refractivity contribution in [1.29, 1.82) is 0 Å². The van der Waals surface area contributed by atoms with Crippen molar-refractivity contribution in [2.75, 3.05) is 19.6 Å². The molecular formula is C12H24N2. The van der Waals surface area contributed by atoms with Gasteiger partial charge in [-0.05, 0) is 25.2 Å². The molecule has 82 valence electrons. The van der Waals surface area contributed by atoms with Crippen molar-refractivity contribution in [3.63, 3.8) is 0 Å². The largest absolute Gasteiger partial charge is 0.314 e. The molecule has 1 saturated heterocycles. The molecule has 0 spiro atoms. The molecule has 2 rings (SSSR count). The second-order valence-electron chi connectivity index (χ2n) is 4.98. The van der Waals surface area contributed by atoms with Crippen LogP contribution >= 0.6 is 0 Å². The molecule has 0 aromatic heterocycles. The number of hydrogen-bond donors (Lipinski definition) is 1. The lowest BCUT2D eigenvalue weighted by molar-refractivity contribution is 0.0848. The van der Waals surface area contributed by atoms with Crippen LogP contribution in [0.5, 0.6) is 0 Å². The van der Waals surface area contributed by atoms with Crippen LogP contribution in [0.1, 0.15) is 39.5 Å². The van der Waals surface area contributed by atoms with Crippen molar-refractivity contribution in [3.05, 3.63) is 0 Å². The topological polar surface area (TPSA) is 15.3 Å². The second-order valence-corrected chi connectivity index (χ2v) is 4.98. The summed E-state index contributed by atoms with van der Waals surface area (Å²) in [6.45, 7) is 8.43. The summed E-state index contributed by atoms with van der Waals surface area (Å²) in [5.74, 6) is 0.933. The van der Waals surface area contributed by atoms with Gasteiger partial charge >= 0.3 is 0 Å². The Labute approximate surface area is 88.1 Å². The number of nitrogens with zero attached hydrogens (tertiary/aromatic N) is 1. The van der Waals surface area contributed by atoms with Crippen LogP contribution in [0.2, 0.25) is 0 Å². The predicted octanol–water partition coefficient (Wildman–Crippen LogP) is 1.86. The molecular weight excluding hydrogens is 172 g/mol. The fraction of sp³-hybridized carbons (Fsp3) is 1.00. The highest BCUT2D eigenvalue weighted by molar-refractivity contribution is 4.89. The van der Waals surface area contributed by atoms with Crippen LogP contribution in [0, 0.1) is 5.92 Å². The molecule has 0 bridgehead atoms. The van der Waals surface area contributed by atoms with E-state index in [9.17, 15) is 0 Å². The Kier molecular flexibility index (Phi) is 3.45. The number of rotatable bonds is 2. The Morgan fingerprint density at radius 1 is 1.36 bits per heavy atom. The summed E-state index contributed by atoms with van der Waals surface area (Å²) in [5.41, 5.74) is 0. The van der Waals surface area contributed by atoms with Gasteiger partial charge in [-0.2, -0.15) is 0 Å². The van der Waals surface area contributed by atoms with E-state index in [1.807, 2.05) is 0 Å². The van der Waals surface area contributed by atoms with Crippen molar-refractivity contribution in [3.8, 4) is 0 Å². The summed E-state index contributed by atoms with van der Waals surface area (Å²) >= 11 is 0. The fourth-order valence-corrected chi connectivity index (χ4v) is 3.21. The maximum Gasteiger partial charge on any atom is 0.0221 e. The minimum atomic E-state index is 0.800. The highest BCUT2D eigenvalue weighted by atomic mass is 15.2. The molecule has 1 aliphatic heterocycles. The van der Waals surface area contributed by atoms with Gasteiger partial charge in [0.1, 0.15) is 0 Å². The zero-order chi connectivity index (χ0) is 9.97. The van der Waals surface area contributed by atoms with Gasteiger partial charge in [0.2, 0.25) is 0 Å². The Morgan fingerprint density at radius 2 is 2.21 bits per heavy atom. The van der Waals surface area contributed by atoms with Crippen LogP contribution in [0.3, 0.4) is 0 Å². The van der Waals surface area contributed by atoms with Crippen LogP contribution < -0.4 is 5.32 Å². The van der Waals surface area contributed by atoms with Crippen LogP contribution in [0.15, 0.2) is 0 Å². The molecule has 2 aliphatic rings. The average molecular weight is 196 g/mol. The molecule has 3 atom stereocenters. The van der Waals surface area contributed by atoms with E-state index >= 15 is 0 Å². The van der Waals surface area contributed by atoms with Gasteiger partial charge in [0.05, 0.1) is 0 Å². The fourth-order valence-electron chi connectivity index (χ4n) is 3.21. The minimum Gasteiger partial charge on any atom is -0.314 e. The summed E-state index contributed by atoms with van der Waals surface area (Å²) in [4.78, 5) is 2.79. The van der Waals surface area contributed by atoms with E-state index < -0.39 is 0 Å². The van der Waals surface area contributed by atoms with Gasteiger partial charge in [0.15, 0.2) is 0 Å². The molecule has 3 unspecified atom stereocenters. The minimum absolute atomic E-state index is 0.800. The molecule has 0 amide bonds. The lowest BCUT2D eigenvalue weighted by Crippen LogP contribution is -2.55. The highest BCUT2D eigenvalue weighted by Gasteiger charge is 2.33. The predicted molar refractivity (Wildman–Crippen MR) is 60.5 cm³/mol. The first-order valence-corrected chi connectivity index (χ1v) is 6.29. The van der Waals surface area contributed by atoms with Gasteiger partial charge in [0, 0.05) is 31.7 Å². The SMILES string of the molecule is CCC1CNCCN1C1CCCC1C. The van der Waals surface area contributed by atoms with Crippen LogP contribution in [0.4, 0.5) is 0 Å². The number of piperazine rings is 1. The Hall–Kier alpha value is -0.0800. The van der Waals surface area contributed by atoms with Crippen LogP contribution in [-0.2, 0) is 0 Å². The molecule has 1 N–H and O–H groups in total. The molecule has 14 heavy (non-hydrogen) atoms. The van der Waals surface area contributed by atoms with Gasteiger partial charge in [-0.15, -0.1) is 0 Å². The van der Waals surface area contributed by atoms with Crippen LogP contribution in [-0.4, -0.2) is 36.6 Å². The smallest absolute Gasteiger partial charge is 0.0221 e. The molecule has 2 fully saturated rings. The monoisotopic (exact) mass is 196 g/mol. The average Bonchev–Trinajstić information content (AvgIpc) is 2.64. The van der Waals surface area contributed by atoms with E-state index in [4.69, 9.17) is 0 Å². The van der Waals surface area contributed by atoms with E-state index in [0.717, 1.165) is 18.0 Å². The van der Waals surface area contributed by atoms with Gasteiger partial charge in [-0.1, -0.05) is 20.3 Å². The standard InChI is InChI=1S/C12H24N2/c1-3-11-9-13-7-8-14(11)12-6-4-5-10(12)2/h10-13H,3-9H2,1-2H3. The molecule has 2 heteroatoms. The zero-order valence-corrected chi connectivity index (χ0v) is 9.63. The summed E-state index contributed by atoms with van der Waals surface area (Å²) in [6.07, 6.45) is 5.64. The maximum absolute atomic E-state index is 3.51. The summed E-state index contributed by atoms with van der Waals surface area (Å²) in [6, 6.07) is 1.69. The summed E-state index contributed by atoms with van der Waals surface area (Å²) < 4.78 is 0. The van der Waals surface area contributed by atoms with E-state index in [2.05, 4.69) is 24.1 Å². The normalized spacial score (nSPS) is 40.3. The van der Waals surface area contributed by atoms with E-state index in [1.165, 1.54) is 45.3 Å². The molecule has 0 radical (unpaired) electrons. The van der Waals surface area contributed by atoms with Gasteiger partial charge in [-0.3, -0.25) is 4.90 Å².